The zero-order chi connectivity index (χ0) is 23.7. The lowest BCUT2D eigenvalue weighted by molar-refractivity contribution is -0.219. The Morgan fingerprint density at radius 3 is 2.66 bits per heavy atom. The minimum Gasteiger partial charge on any atom is -0.457 e. The van der Waals surface area contributed by atoms with Crippen LogP contribution < -0.4 is 0 Å². The minimum atomic E-state index is -2.02. The van der Waals surface area contributed by atoms with E-state index in [1.165, 1.54) is 12.2 Å². The highest BCUT2D eigenvalue weighted by Crippen LogP contribution is 2.70. The molecule has 3 fully saturated rings. The third kappa shape index (κ3) is 2.84. The molecule has 2 N–H and O–H groups in total. The molecule has 0 amide bonds. The number of halogens is 2. The summed E-state index contributed by atoms with van der Waals surface area (Å²) in [5, 5.41) is 22.9. The van der Waals surface area contributed by atoms with Gasteiger partial charge in [-0.1, -0.05) is 41.4 Å². The van der Waals surface area contributed by atoms with Crippen LogP contribution in [0.2, 0.25) is 0 Å². The Balaban J connectivity index is 1.73. The number of aliphatic hydroxyl groups is 2. The third-order valence-electron chi connectivity index (χ3n) is 9.12. The molecule has 0 aromatic carbocycles. The smallest absolute Gasteiger partial charge is 0.316 e. The van der Waals surface area contributed by atoms with Gasteiger partial charge in [0.1, 0.15) is 10.9 Å². The molecule has 0 aromatic rings. The number of fused-ring (bicyclic) bond motifs is 5. The Morgan fingerprint density at radius 2 is 2.00 bits per heavy atom. The number of esters is 1. The molecular weight excluding hydrogens is 483 g/mol. The number of rotatable bonds is 4. The van der Waals surface area contributed by atoms with Crippen LogP contribution in [-0.4, -0.2) is 57.1 Å². The number of aliphatic hydroxyl groups excluding tert-OH is 1. The van der Waals surface area contributed by atoms with Gasteiger partial charge in [-0.25, -0.2) is 4.39 Å². The molecule has 3 saturated carbocycles. The van der Waals surface area contributed by atoms with Gasteiger partial charge >= 0.3 is 5.97 Å². The molecule has 0 aromatic heterocycles. The number of carbonyl (C=O) groups excluding carboxylic acids is 3. The van der Waals surface area contributed by atoms with Crippen molar-refractivity contribution in [2.75, 3.05) is 11.9 Å². The second-order valence-electron chi connectivity index (χ2n) is 10.4. The molecule has 8 atom stereocenters. The first-order valence-corrected chi connectivity index (χ1v) is 12.3. The Hall–Kier alpha value is -1.38. The molecule has 176 valence electrons. The first-order chi connectivity index (χ1) is 14.9. The number of allylic oxidation sites excluding steroid dienone is 4. The highest BCUT2D eigenvalue weighted by atomic mass is 79.9. The number of hydrogen-bond donors (Lipinski definition) is 2. The largest absolute Gasteiger partial charge is 0.457 e. The average Bonchev–Trinajstić information content (AvgIpc) is 2.94. The molecule has 0 heterocycles. The normalized spacial score (nSPS) is 47.2. The summed E-state index contributed by atoms with van der Waals surface area (Å²) in [7, 11) is 0. The zero-order valence-electron chi connectivity index (χ0n) is 18.6. The standard InChI is InChI=1S/C24H30BrFO6/c1-13-8-17-16-5-4-14-9-15(27)6-7-21(14,2)23(16,26)18(28)10-22(17,3)24(13,31)19(29)12-32-20(30)11-25/h6-7,9,13,16-18,28,31H,4-5,8,10-12H2,1-3H3/t13-,16+,17+,18+,21+,22+,23+,24+/m1/s1. The fourth-order valence-electron chi connectivity index (χ4n) is 7.44. The zero-order valence-corrected chi connectivity index (χ0v) is 20.2. The molecule has 4 aliphatic rings. The predicted octanol–water partition coefficient (Wildman–Crippen LogP) is 2.84. The van der Waals surface area contributed by atoms with Gasteiger partial charge in [0.05, 0.1) is 6.10 Å². The van der Waals surface area contributed by atoms with Gasteiger partial charge in [0.15, 0.2) is 18.1 Å². The van der Waals surface area contributed by atoms with Crippen molar-refractivity contribution in [3.8, 4) is 0 Å². The molecule has 0 radical (unpaired) electrons. The third-order valence-corrected chi connectivity index (χ3v) is 9.58. The van der Waals surface area contributed by atoms with Crippen molar-refractivity contribution in [1.82, 2.24) is 0 Å². The van der Waals surface area contributed by atoms with Gasteiger partial charge < -0.3 is 14.9 Å². The molecule has 0 unspecified atom stereocenters. The lowest BCUT2D eigenvalue weighted by Crippen LogP contribution is -2.69. The molecule has 0 bridgehead atoms. The van der Waals surface area contributed by atoms with Crippen LogP contribution in [-0.2, 0) is 19.1 Å². The number of ketones is 2. The van der Waals surface area contributed by atoms with E-state index in [1.54, 1.807) is 26.8 Å². The molecule has 0 saturated heterocycles. The number of alkyl halides is 2. The molecule has 0 aliphatic heterocycles. The van der Waals surface area contributed by atoms with Crippen LogP contribution in [0, 0.1) is 28.6 Å². The first-order valence-electron chi connectivity index (χ1n) is 11.1. The Kier molecular flexibility index (Phi) is 5.62. The summed E-state index contributed by atoms with van der Waals surface area (Å²) >= 11 is 2.97. The van der Waals surface area contributed by atoms with E-state index < -0.39 is 58.4 Å². The van der Waals surface area contributed by atoms with Crippen LogP contribution in [0.25, 0.3) is 0 Å². The van der Waals surface area contributed by atoms with E-state index in [9.17, 15) is 24.6 Å². The van der Waals surface area contributed by atoms with Gasteiger partial charge in [0.2, 0.25) is 5.78 Å². The van der Waals surface area contributed by atoms with Crippen molar-refractivity contribution in [3.63, 3.8) is 0 Å². The van der Waals surface area contributed by atoms with Gasteiger partial charge in [0.25, 0.3) is 0 Å². The Labute approximate surface area is 195 Å². The molecule has 32 heavy (non-hydrogen) atoms. The van der Waals surface area contributed by atoms with Crippen molar-refractivity contribution in [2.24, 2.45) is 28.6 Å². The van der Waals surface area contributed by atoms with Gasteiger partial charge in [-0.05, 0) is 56.6 Å². The lowest BCUT2D eigenvalue weighted by atomic mass is 9.44. The van der Waals surface area contributed by atoms with Gasteiger partial charge in [0, 0.05) is 16.7 Å². The fraction of sp³-hybridized carbons (Fsp3) is 0.708. The van der Waals surface area contributed by atoms with Gasteiger partial charge in [-0.2, -0.15) is 0 Å². The topological polar surface area (TPSA) is 101 Å². The summed E-state index contributed by atoms with van der Waals surface area (Å²) in [5.74, 6) is -2.84. The van der Waals surface area contributed by atoms with Crippen LogP contribution in [0.5, 0.6) is 0 Å². The summed E-state index contributed by atoms with van der Waals surface area (Å²) < 4.78 is 22.0. The quantitative estimate of drug-likeness (QED) is 0.443. The van der Waals surface area contributed by atoms with Crippen molar-refractivity contribution >= 4 is 33.5 Å². The van der Waals surface area contributed by atoms with E-state index in [2.05, 4.69) is 15.9 Å². The molecular formula is C24H30BrFO6. The van der Waals surface area contributed by atoms with Crippen molar-refractivity contribution < 1.29 is 33.7 Å². The van der Waals surface area contributed by atoms with Crippen molar-refractivity contribution in [3.05, 3.63) is 23.8 Å². The highest BCUT2D eigenvalue weighted by Gasteiger charge is 2.75. The summed E-state index contributed by atoms with van der Waals surface area (Å²) in [4.78, 5) is 36.6. The summed E-state index contributed by atoms with van der Waals surface area (Å²) in [5.41, 5.74) is -5.37. The van der Waals surface area contributed by atoms with Crippen molar-refractivity contribution in [2.45, 2.75) is 63.8 Å². The SMILES string of the molecule is C[C@@H]1C[C@H]2[C@@H]3CCC4=CC(=O)C=C[C@]4(C)[C@@]3(F)[C@@H](O)C[C@]2(C)[C@@]1(O)C(=O)COC(=O)CBr. The second-order valence-corrected chi connectivity index (χ2v) is 10.9. The molecule has 0 spiro atoms. The maximum atomic E-state index is 17.1. The Morgan fingerprint density at radius 1 is 1.31 bits per heavy atom. The highest BCUT2D eigenvalue weighted by molar-refractivity contribution is 9.09. The van der Waals surface area contributed by atoms with E-state index in [0.717, 1.165) is 0 Å². The fourth-order valence-corrected chi connectivity index (χ4v) is 7.60. The van der Waals surface area contributed by atoms with Crippen molar-refractivity contribution in [1.29, 1.82) is 0 Å². The molecule has 4 aliphatic carbocycles. The maximum absolute atomic E-state index is 17.1. The van der Waals surface area contributed by atoms with Crippen LogP contribution in [0.4, 0.5) is 4.39 Å². The number of ether oxygens (including phenoxy) is 1. The summed E-state index contributed by atoms with van der Waals surface area (Å²) in [6, 6.07) is 0. The summed E-state index contributed by atoms with van der Waals surface area (Å²) in [6.45, 7) is 4.68. The molecule has 4 rings (SSSR count). The Bertz CT molecular complexity index is 931. The lowest BCUT2D eigenvalue weighted by Gasteiger charge is -2.62. The monoisotopic (exact) mass is 512 g/mol. The summed E-state index contributed by atoms with van der Waals surface area (Å²) in [6.07, 6.45) is 4.25. The van der Waals surface area contributed by atoms with E-state index >= 15 is 4.39 Å². The van der Waals surface area contributed by atoms with Gasteiger partial charge in [-0.15, -0.1) is 0 Å². The second kappa shape index (κ2) is 7.57. The molecule has 8 heteroatoms. The van der Waals surface area contributed by atoms with Crippen LogP contribution >= 0.6 is 15.9 Å². The maximum Gasteiger partial charge on any atom is 0.316 e. The number of Topliss-reactive ketones (excluding diaryl/α,β-unsaturated/α-hetero) is 1. The van der Waals surface area contributed by atoms with E-state index in [4.69, 9.17) is 4.74 Å². The average molecular weight is 513 g/mol. The number of carbonyl (C=O) groups is 3. The minimum absolute atomic E-state index is 0.0657. The van der Waals surface area contributed by atoms with E-state index in [1.807, 2.05) is 0 Å². The van der Waals surface area contributed by atoms with E-state index in [-0.39, 0.29) is 23.5 Å². The van der Waals surface area contributed by atoms with Gasteiger partial charge in [-0.3, -0.25) is 14.4 Å². The first kappa shape index (κ1) is 23.8. The van der Waals surface area contributed by atoms with Crippen LogP contribution in [0.15, 0.2) is 23.8 Å². The van der Waals surface area contributed by atoms with Crippen LogP contribution in [0.3, 0.4) is 0 Å². The van der Waals surface area contributed by atoms with Crippen LogP contribution in [0.1, 0.15) is 46.5 Å². The number of hydrogen-bond acceptors (Lipinski definition) is 6. The predicted molar refractivity (Wildman–Crippen MR) is 118 cm³/mol. The van der Waals surface area contributed by atoms with E-state index in [0.29, 0.717) is 24.8 Å². The molecule has 6 nitrogen and oxygen atoms in total.